The van der Waals surface area contributed by atoms with E-state index in [1.165, 1.54) is 18.3 Å². The largest absolute Gasteiger partial charge is 0.393 e. The van der Waals surface area contributed by atoms with Crippen molar-refractivity contribution in [1.82, 2.24) is 9.97 Å². The maximum Gasteiger partial charge on any atom is 0.236 e. The number of hydrogen-bond acceptors (Lipinski definition) is 5. The Morgan fingerprint density at radius 1 is 1.00 bits per heavy atom. The lowest BCUT2D eigenvalue weighted by Crippen LogP contribution is -2.62. The number of aliphatic hydroxyl groups excluding tert-OH is 1. The normalized spacial score (nSPS) is 42.9. The monoisotopic (exact) mass is 533 g/mol. The van der Waals surface area contributed by atoms with Gasteiger partial charge in [0.2, 0.25) is 5.91 Å². The van der Waals surface area contributed by atoms with Crippen molar-refractivity contribution < 1.29 is 14.7 Å². The molecule has 39 heavy (non-hydrogen) atoms. The van der Waals surface area contributed by atoms with Crippen molar-refractivity contribution in [3.8, 4) is 0 Å². The van der Waals surface area contributed by atoms with E-state index in [0.29, 0.717) is 30.0 Å². The lowest BCUT2D eigenvalue weighted by molar-refractivity contribution is -0.203. The molecule has 6 heteroatoms. The quantitative estimate of drug-likeness (QED) is 0.471. The van der Waals surface area contributed by atoms with Crippen LogP contribution in [0.15, 0.2) is 29.7 Å². The summed E-state index contributed by atoms with van der Waals surface area (Å²) >= 11 is 0. The molecule has 8 atom stereocenters. The Morgan fingerprint density at radius 3 is 2.44 bits per heavy atom. The Morgan fingerprint density at radius 2 is 1.74 bits per heavy atom. The van der Waals surface area contributed by atoms with E-state index >= 15 is 0 Å². The molecule has 5 aliphatic rings. The van der Waals surface area contributed by atoms with Gasteiger partial charge in [-0.05, 0) is 114 Å². The van der Waals surface area contributed by atoms with Crippen molar-refractivity contribution in [3.63, 3.8) is 0 Å². The first kappa shape index (κ1) is 27.1. The number of fused-ring (bicyclic) bond motifs is 7. The van der Waals surface area contributed by atoms with Gasteiger partial charge in [-0.1, -0.05) is 41.5 Å². The zero-order chi connectivity index (χ0) is 28.0. The van der Waals surface area contributed by atoms with Crippen LogP contribution in [0.25, 0.3) is 0 Å². The van der Waals surface area contributed by atoms with Crippen LogP contribution in [0.3, 0.4) is 0 Å². The van der Waals surface area contributed by atoms with Crippen LogP contribution in [-0.4, -0.2) is 32.9 Å². The fourth-order valence-corrected chi connectivity index (χ4v) is 11.2. The molecule has 0 saturated heterocycles. The molecular formula is C33H47N3O3. The fraction of sp³-hybridized carbons (Fsp3) is 0.758. The van der Waals surface area contributed by atoms with Crippen molar-refractivity contribution in [3.05, 3.63) is 29.7 Å². The zero-order valence-electron chi connectivity index (χ0n) is 24.7. The van der Waals surface area contributed by atoms with Gasteiger partial charge in [0.25, 0.3) is 0 Å². The zero-order valence-corrected chi connectivity index (χ0v) is 24.7. The van der Waals surface area contributed by atoms with Crippen LogP contribution in [-0.2, 0) is 9.59 Å². The highest BCUT2D eigenvalue weighted by Crippen LogP contribution is 2.72. The summed E-state index contributed by atoms with van der Waals surface area (Å²) in [5.74, 6) is 2.62. The Labute approximate surface area is 233 Å². The van der Waals surface area contributed by atoms with Gasteiger partial charge in [0.15, 0.2) is 5.78 Å². The minimum atomic E-state index is -0.760. The molecule has 0 aromatic carbocycles. The lowest BCUT2D eigenvalue weighted by atomic mass is 9.36. The second-order valence-electron chi connectivity index (χ2n) is 15.1. The molecule has 5 aliphatic carbocycles. The number of hydrogen-bond donors (Lipinski definition) is 2. The fourth-order valence-electron chi connectivity index (χ4n) is 11.2. The summed E-state index contributed by atoms with van der Waals surface area (Å²) in [5, 5.41) is 14.0. The van der Waals surface area contributed by atoms with Crippen LogP contribution >= 0.6 is 0 Å². The van der Waals surface area contributed by atoms with E-state index in [-0.39, 0.29) is 45.9 Å². The van der Waals surface area contributed by atoms with Gasteiger partial charge in [-0.25, -0.2) is 9.97 Å². The maximum absolute atomic E-state index is 14.1. The first-order chi connectivity index (χ1) is 18.4. The molecule has 0 bridgehead atoms. The van der Waals surface area contributed by atoms with Gasteiger partial charge in [-0.3, -0.25) is 9.59 Å². The van der Waals surface area contributed by atoms with Crippen molar-refractivity contribution in [2.45, 2.75) is 105 Å². The maximum atomic E-state index is 14.1. The second kappa shape index (κ2) is 8.96. The number of carbonyl (C=O) groups is 2. The Balaban J connectivity index is 1.38. The van der Waals surface area contributed by atoms with Gasteiger partial charge >= 0.3 is 0 Å². The number of aliphatic hydroxyl groups is 1. The van der Waals surface area contributed by atoms with Gasteiger partial charge in [0, 0.05) is 12.6 Å². The molecule has 4 saturated carbocycles. The number of rotatable bonds is 3. The van der Waals surface area contributed by atoms with E-state index in [0.717, 1.165) is 50.5 Å². The average Bonchev–Trinajstić information content (AvgIpc) is 3.20. The van der Waals surface area contributed by atoms with Gasteiger partial charge in [-0.2, -0.15) is 0 Å². The van der Waals surface area contributed by atoms with E-state index in [4.69, 9.17) is 0 Å². The predicted molar refractivity (Wildman–Crippen MR) is 151 cm³/mol. The number of Topliss-reactive ketones (excluding diaryl/α,β-unsaturated/α-hetero) is 1. The van der Waals surface area contributed by atoms with Crippen molar-refractivity contribution in [2.24, 2.45) is 51.2 Å². The van der Waals surface area contributed by atoms with Crippen LogP contribution in [0.5, 0.6) is 0 Å². The first-order valence-corrected chi connectivity index (χ1v) is 15.4. The van der Waals surface area contributed by atoms with E-state index in [9.17, 15) is 14.7 Å². The minimum absolute atomic E-state index is 0.0583. The summed E-state index contributed by atoms with van der Waals surface area (Å²) in [6, 6.07) is 1.72. The standard InChI is InChI=1S/C33H47N3O3/c1-19(2)27-22(37)17-33(29(39)36-26-12-16-34-18-35-26)15-9-21-20(28(27)33)7-8-24-31(21,5)13-10-23-30(3,4)25(38)11-14-32(23,24)6/h12,16,18-21,23-25,38H,7-11,13-15,17H2,1-6H3,(H,34,35,36,39)/t20?,21?,23?,24?,25-,31?,32?,33+/m0/s1. The third-order valence-corrected chi connectivity index (χ3v) is 12.8. The predicted octanol–water partition coefficient (Wildman–Crippen LogP) is 6.37. The third kappa shape index (κ3) is 3.68. The number of aromatic nitrogens is 2. The highest BCUT2D eigenvalue weighted by Gasteiger charge is 2.67. The molecule has 1 amide bonds. The van der Waals surface area contributed by atoms with Gasteiger partial charge < -0.3 is 10.4 Å². The summed E-state index contributed by atoms with van der Waals surface area (Å²) in [7, 11) is 0. The van der Waals surface area contributed by atoms with E-state index in [1.807, 2.05) is 0 Å². The Hall–Kier alpha value is -2.08. The minimum Gasteiger partial charge on any atom is -0.393 e. The summed E-state index contributed by atoms with van der Waals surface area (Å²) in [6.07, 6.45) is 11.4. The number of carbonyl (C=O) groups excluding carboxylic acids is 2. The van der Waals surface area contributed by atoms with Crippen molar-refractivity contribution >= 4 is 17.5 Å². The summed E-state index contributed by atoms with van der Waals surface area (Å²) < 4.78 is 0. The second-order valence-corrected chi connectivity index (χ2v) is 15.1. The van der Waals surface area contributed by atoms with Crippen LogP contribution in [0, 0.1) is 51.2 Å². The lowest BCUT2D eigenvalue weighted by Gasteiger charge is -2.68. The van der Waals surface area contributed by atoms with Gasteiger partial charge in [-0.15, -0.1) is 0 Å². The molecule has 6 unspecified atom stereocenters. The highest BCUT2D eigenvalue weighted by atomic mass is 16.3. The number of allylic oxidation sites excluding steroid dienone is 1. The molecule has 212 valence electrons. The van der Waals surface area contributed by atoms with Gasteiger partial charge in [0.05, 0.1) is 11.5 Å². The van der Waals surface area contributed by atoms with E-state index in [1.54, 1.807) is 12.3 Å². The smallest absolute Gasteiger partial charge is 0.236 e. The molecule has 4 fully saturated rings. The highest BCUT2D eigenvalue weighted by molar-refractivity contribution is 6.09. The summed E-state index contributed by atoms with van der Waals surface area (Å²) in [6.45, 7) is 13.9. The number of nitrogens with one attached hydrogen (secondary N) is 1. The van der Waals surface area contributed by atoms with E-state index in [2.05, 4.69) is 56.8 Å². The molecule has 1 heterocycles. The molecule has 0 radical (unpaired) electrons. The number of ketones is 1. The number of amides is 1. The molecular weight excluding hydrogens is 486 g/mol. The average molecular weight is 534 g/mol. The van der Waals surface area contributed by atoms with Crippen molar-refractivity contribution in [2.75, 3.05) is 5.32 Å². The summed E-state index contributed by atoms with van der Waals surface area (Å²) in [4.78, 5) is 35.9. The molecule has 6 rings (SSSR count). The number of anilines is 1. The summed E-state index contributed by atoms with van der Waals surface area (Å²) in [5.41, 5.74) is 1.70. The molecule has 0 aliphatic heterocycles. The molecule has 1 aromatic rings. The molecule has 2 N–H and O–H groups in total. The molecule has 0 spiro atoms. The SMILES string of the molecule is CC(C)C1=C2C3CCC4C(C)(CCC5C4(C)CC[C@H](O)C5(C)C)C3CC[C@@]2(C(=O)Nc2ccncn2)CC1=O. The van der Waals surface area contributed by atoms with Gasteiger partial charge in [0.1, 0.15) is 12.1 Å². The van der Waals surface area contributed by atoms with Crippen molar-refractivity contribution in [1.29, 1.82) is 0 Å². The molecule has 1 aromatic heterocycles. The molecule has 6 nitrogen and oxygen atoms in total. The topological polar surface area (TPSA) is 92.2 Å². The van der Waals surface area contributed by atoms with E-state index < -0.39 is 5.41 Å². The van der Waals surface area contributed by atoms with Crippen LogP contribution in [0.1, 0.15) is 99.3 Å². The number of nitrogens with zero attached hydrogens (tertiary/aromatic N) is 2. The van der Waals surface area contributed by atoms with Crippen LogP contribution in [0.2, 0.25) is 0 Å². The van der Waals surface area contributed by atoms with Crippen LogP contribution in [0.4, 0.5) is 5.82 Å². The Bertz CT molecular complexity index is 1210. The Kier molecular flexibility index (Phi) is 6.23. The third-order valence-electron chi connectivity index (χ3n) is 12.8. The first-order valence-electron chi connectivity index (χ1n) is 15.4. The van der Waals surface area contributed by atoms with Crippen LogP contribution < -0.4 is 5.32 Å².